The molecule has 0 saturated carbocycles. The van der Waals surface area contributed by atoms with Crippen LogP contribution in [0.25, 0.3) is 0 Å². The van der Waals surface area contributed by atoms with Crippen molar-refractivity contribution < 1.29 is 17.2 Å². The highest BCUT2D eigenvalue weighted by atomic mass is 79.9. The van der Waals surface area contributed by atoms with Crippen LogP contribution >= 0.6 is 27.5 Å². The minimum absolute atomic E-state index is 0.0372. The van der Waals surface area contributed by atoms with Crippen LogP contribution in [0.3, 0.4) is 0 Å². The molecule has 0 aromatic heterocycles. The first-order valence-electron chi connectivity index (χ1n) is 5.43. The Morgan fingerprint density at radius 3 is 2.52 bits per heavy atom. The van der Waals surface area contributed by atoms with Crippen molar-refractivity contribution in [3.8, 4) is 0 Å². The van der Waals surface area contributed by atoms with Crippen molar-refractivity contribution >= 4 is 48.9 Å². The Kier molecular flexibility index (Phi) is 4.40. The van der Waals surface area contributed by atoms with Gasteiger partial charge in [-0.05, 0) is 40.2 Å². The van der Waals surface area contributed by atoms with E-state index in [4.69, 9.17) is 17.3 Å². The summed E-state index contributed by atoms with van der Waals surface area (Å²) in [5.41, 5.74) is 5.14. The maximum absolute atomic E-state index is 13.9. The fourth-order valence-electron chi connectivity index (χ4n) is 1.56. The average molecular weight is 398 g/mol. The second-order valence-corrected chi connectivity index (χ2v) is 6.93. The fourth-order valence-corrected chi connectivity index (χ4v) is 3.54. The van der Waals surface area contributed by atoms with Gasteiger partial charge in [-0.25, -0.2) is 17.2 Å². The van der Waals surface area contributed by atoms with Gasteiger partial charge in [0.25, 0.3) is 10.0 Å². The van der Waals surface area contributed by atoms with Gasteiger partial charge in [0.1, 0.15) is 4.90 Å². The number of benzene rings is 2. The van der Waals surface area contributed by atoms with E-state index in [1.54, 1.807) is 0 Å². The molecule has 112 valence electrons. The maximum Gasteiger partial charge on any atom is 0.265 e. The Morgan fingerprint density at radius 2 is 1.86 bits per heavy atom. The molecular formula is C12H8BrClF2N2O2S. The number of nitrogen functional groups attached to an aromatic ring is 1. The lowest BCUT2D eigenvalue weighted by Crippen LogP contribution is -2.16. The van der Waals surface area contributed by atoms with Crippen molar-refractivity contribution in [3.63, 3.8) is 0 Å². The molecular weight excluding hydrogens is 390 g/mol. The number of hydrogen-bond donors (Lipinski definition) is 2. The number of anilines is 2. The molecule has 0 fully saturated rings. The second kappa shape index (κ2) is 5.78. The Balaban J connectivity index is 2.51. The van der Waals surface area contributed by atoms with Gasteiger partial charge in [-0.3, -0.25) is 4.72 Å². The van der Waals surface area contributed by atoms with Gasteiger partial charge in [-0.1, -0.05) is 17.7 Å². The molecule has 0 amide bonds. The van der Waals surface area contributed by atoms with Crippen LogP contribution in [0.4, 0.5) is 20.2 Å². The molecule has 21 heavy (non-hydrogen) atoms. The summed E-state index contributed by atoms with van der Waals surface area (Å²) in [7, 11) is -4.36. The van der Waals surface area contributed by atoms with Crippen LogP contribution in [0.15, 0.2) is 39.7 Å². The molecule has 0 spiro atoms. The summed E-state index contributed by atoms with van der Waals surface area (Å²) in [6.45, 7) is 0. The Labute approximate surface area is 133 Å². The van der Waals surface area contributed by atoms with Gasteiger partial charge in [0, 0.05) is 5.69 Å². The SMILES string of the molecule is Nc1cc(Br)c(F)c(S(=O)(=O)Nc2cccc(Cl)c2F)c1. The van der Waals surface area contributed by atoms with E-state index >= 15 is 0 Å². The monoisotopic (exact) mass is 396 g/mol. The zero-order valence-corrected chi connectivity index (χ0v) is 13.4. The molecule has 0 atom stereocenters. The zero-order valence-electron chi connectivity index (χ0n) is 10.2. The Hall–Kier alpha value is -1.38. The van der Waals surface area contributed by atoms with Crippen LogP contribution in [0, 0.1) is 11.6 Å². The molecule has 3 N–H and O–H groups in total. The molecule has 0 heterocycles. The summed E-state index contributed by atoms with van der Waals surface area (Å²) in [6.07, 6.45) is 0. The number of sulfonamides is 1. The lowest BCUT2D eigenvalue weighted by atomic mass is 10.3. The number of hydrogen-bond acceptors (Lipinski definition) is 3. The first-order valence-corrected chi connectivity index (χ1v) is 8.09. The highest BCUT2D eigenvalue weighted by molar-refractivity contribution is 9.10. The first kappa shape index (κ1) is 16.0. The van der Waals surface area contributed by atoms with Crippen LogP contribution in [0.5, 0.6) is 0 Å². The number of nitrogens with one attached hydrogen (secondary N) is 1. The normalized spacial score (nSPS) is 11.4. The maximum atomic E-state index is 13.9. The zero-order chi connectivity index (χ0) is 15.8. The third kappa shape index (κ3) is 3.28. The van der Waals surface area contributed by atoms with Gasteiger partial charge < -0.3 is 5.73 Å². The van der Waals surface area contributed by atoms with E-state index in [0.717, 1.165) is 12.1 Å². The first-order chi connectivity index (χ1) is 9.72. The number of halogens is 4. The molecule has 0 radical (unpaired) electrons. The van der Waals surface area contributed by atoms with Gasteiger partial charge >= 0.3 is 0 Å². The molecule has 9 heteroatoms. The minimum atomic E-state index is -4.36. The third-order valence-electron chi connectivity index (χ3n) is 2.50. The van der Waals surface area contributed by atoms with Gasteiger partial charge in [0.05, 0.1) is 15.2 Å². The highest BCUT2D eigenvalue weighted by Crippen LogP contribution is 2.29. The van der Waals surface area contributed by atoms with Gasteiger partial charge in [0.15, 0.2) is 11.6 Å². The summed E-state index contributed by atoms with van der Waals surface area (Å²) in [6, 6.07) is 5.93. The molecule has 0 aliphatic rings. The van der Waals surface area contributed by atoms with Crippen molar-refractivity contribution in [2.24, 2.45) is 0 Å². The lowest BCUT2D eigenvalue weighted by molar-refractivity contribution is 0.566. The topological polar surface area (TPSA) is 72.2 Å². The van der Waals surface area contributed by atoms with Crippen LogP contribution < -0.4 is 10.5 Å². The lowest BCUT2D eigenvalue weighted by Gasteiger charge is -2.11. The quantitative estimate of drug-likeness (QED) is 0.775. The fraction of sp³-hybridized carbons (Fsp3) is 0. The summed E-state index contributed by atoms with van der Waals surface area (Å²) in [5.74, 6) is -1.98. The molecule has 4 nitrogen and oxygen atoms in total. The predicted molar refractivity (Wildman–Crippen MR) is 80.7 cm³/mol. The number of nitrogens with two attached hydrogens (primary N) is 1. The van der Waals surface area contributed by atoms with E-state index in [0.29, 0.717) is 0 Å². The smallest absolute Gasteiger partial charge is 0.265 e. The van der Waals surface area contributed by atoms with Gasteiger partial charge in [-0.2, -0.15) is 0 Å². The third-order valence-corrected chi connectivity index (χ3v) is 4.74. The molecule has 2 aromatic rings. The van der Waals surface area contributed by atoms with Crippen LogP contribution in [-0.2, 0) is 10.0 Å². The summed E-state index contributed by atoms with van der Waals surface area (Å²) in [4.78, 5) is -0.700. The molecule has 0 bridgehead atoms. The molecule has 0 aliphatic carbocycles. The van der Waals surface area contributed by atoms with Crippen LogP contribution in [-0.4, -0.2) is 8.42 Å². The van der Waals surface area contributed by atoms with Crippen molar-refractivity contribution in [2.75, 3.05) is 10.5 Å². The molecule has 2 rings (SSSR count). The standard InChI is InChI=1S/C12H8BrClF2N2O2S/c13-7-4-6(17)5-10(11(7)15)21(19,20)18-9-3-1-2-8(14)12(9)16/h1-5,18H,17H2. The van der Waals surface area contributed by atoms with E-state index < -0.39 is 26.6 Å². The predicted octanol–water partition coefficient (Wildman–Crippen LogP) is 3.76. The molecule has 0 unspecified atom stereocenters. The van der Waals surface area contributed by atoms with E-state index in [-0.39, 0.29) is 20.9 Å². The van der Waals surface area contributed by atoms with Gasteiger partial charge in [0.2, 0.25) is 0 Å². The molecule has 2 aromatic carbocycles. The molecule has 0 saturated heterocycles. The summed E-state index contributed by atoms with van der Waals surface area (Å²) >= 11 is 8.42. The van der Waals surface area contributed by atoms with Crippen molar-refractivity contribution in [2.45, 2.75) is 4.90 Å². The van der Waals surface area contributed by atoms with Gasteiger partial charge in [-0.15, -0.1) is 0 Å². The van der Waals surface area contributed by atoms with Crippen LogP contribution in [0.2, 0.25) is 5.02 Å². The average Bonchev–Trinajstić information content (AvgIpc) is 2.39. The van der Waals surface area contributed by atoms with E-state index in [1.165, 1.54) is 18.2 Å². The summed E-state index contributed by atoms with van der Waals surface area (Å²) < 4.78 is 53.8. The largest absolute Gasteiger partial charge is 0.399 e. The van der Waals surface area contributed by atoms with E-state index in [2.05, 4.69) is 15.9 Å². The van der Waals surface area contributed by atoms with E-state index in [1.807, 2.05) is 4.72 Å². The van der Waals surface area contributed by atoms with E-state index in [9.17, 15) is 17.2 Å². The van der Waals surface area contributed by atoms with Crippen LogP contribution in [0.1, 0.15) is 0 Å². The van der Waals surface area contributed by atoms with Crippen molar-refractivity contribution in [3.05, 3.63) is 51.5 Å². The second-order valence-electron chi connectivity index (χ2n) is 4.02. The van der Waals surface area contributed by atoms with Crippen molar-refractivity contribution in [1.82, 2.24) is 0 Å². The highest BCUT2D eigenvalue weighted by Gasteiger charge is 2.23. The summed E-state index contributed by atoms with van der Waals surface area (Å²) in [5, 5.41) is -0.260. The Morgan fingerprint density at radius 1 is 1.19 bits per heavy atom. The van der Waals surface area contributed by atoms with Crippen molar-refractivity contribution in [1.29, 1.82) is 0 Å². The number of rotatable bonds is 3. The Bertz CT molecular complexity index is 815. The minimum Gasteiger partial charge on any atom is -0.399 e. The molecule has 0 aliphatic heterocycles.